The van der Waals surface area contributed by atoms with Crippen molar-refractivity contribution >= 4 is 17.5 Å². The van der Waals surface area contributed by atoms with Gasteiger partial charge in [-0.1, -0.05) is 30.3 Å². The van der Waals surface area contributed by atoms with Crippen molar-refractivity contribution in [1.82, 2.24) is 15.3 Å². The molecule has 0 atom stereocenters. The third-order valence-corrected chi connectivity index (χ3v) is 4.07. The number of anilines is 2. The predicted octanol–water partition coefficient (Wildman–Crippen LogP) is 4.08. The second kappa shape index (κ2) is 7.78. The lowest BCUT2D eigenvalue weighted by molar-refractivity contribution is 0.0946. The zero-order valence-electron chi connectivity index (χ0n) is 15.2. The number of nitrogens with zero attached hydrogens (tertiary/aromatic N) is 2. The second-order valence-corrected chi connectivity index (χ2v) is 6.38. The number of aromatic nitrogens is 2. The molecule has 132 valence electrons. The topological polar surface area (TPSA) is 66.9 Å². The van der Waals surface area contributed by atoms with Crippen LogP contribution >= 0.6 is 0 Å². The largest absolute Gasteiger partial charge is 0.347 e. The van der Waals surface area contributed by atoms with E-state index in [9.17, 15) is 4.79 Å². The molecule has 0 spiro atoms. The predicted molar refractivity (Wildman–Crippen MR) is 104 cm³/mol. The monoisotopic (exact) mass is 346 g/mol. The van der Waals surface area contributed by atoms with Gasteiger partial charge in [-0.05, 0) is 61.2 Å². The number of nitrogens with one attached hydrogen (secondary N) is 2. The number of hydrogen-bond donors (Lipinski definition) is 2. The zero-order valence-corrected chi connectivity index (χ0v) is 15.2. The lowest BCUT2D eigenvalue weighted by Gasteiger charge is -2.10. The molecule has 0 bridgehead atoms. The van der Waals surface area contributed by atoms with Gasteiger partial charge in [-0.2, -0.15) is 0 Å². The Kier molecular flexibility index (Phi) is 5.27. The fourth-order valence-electron chi connectivity index (χ4n) is 2.80. The van der Waals surface area contributed by atoms with E-state index >= 15 is 0 Å². The number of amides is 1. The van der Waals surface area contributed by atoms with Crippen LogP contribution in [-0.4, -0.2) is 15.9 Å². The van der Waals surface area contributed by atoms with Gasteiger partial charge in [-0.25, -0.2) is 9.97 Å². The van der Waals surface area contributed by atoms with Crippen LogP contribution in [0.4, 0.5) is 11.6 Å². The highest BCUT2D eigenvalue weighted by atomic mass is 16.1. The molecule has 2 aromatic carbocycles. The first-order valence-corrected chi connectivity index (χ1v) is 8.52. The highest BCUT2D eigenvalue weighted by molar-refractivity contribution is 5.92. The van der Waals surface area contributed by atoms with Crippen molar-refractivity contribution in [3.8, 4) is 0 Å². The molecule has 1 heterocycles. The van der Waals surface area contributed by atoms with Gasteiger partial charge in [0.05, 0.1) is 0 Å². The number of carbonyl (C=O) groups excluding carboxylic acids is 1. The van der Waals surface area contributed by atoms with Crippen molar-refractivity contribution in [1.29, 1.82) is 0 Å². The van der Waals surface area contributed by atoms with Crippen LogP contribution in [0.5, 0.6) is 0 Å². The van der Waals surface area contributed by atoms with Crippen LogP contribution in [-0.2, 0) is 6.54 Å². The van der Waals surface area contributed by atoms with E-state index < -0.39 is 0 Å². The van der Waals surface area contributed by atoms with Gasteiger partial charge in [0.1, 0.15) is 5.69 Å². The Morgan fingerprint density at radius 2 is 1.73 bits per heavy atom. The average molecular weight is 346 g/mol. The molecule has 3 rings (SSSR count). The Balaban J connectivity index is 1.70. The third-order valence-electron chi connectivity index (χ3n) is 4.07. The summed E-state index contributed by atoms with van der Waals surface area (Å²) in [6.45, 7) is 6.57. The summed E-state index contributed by atoms with van der Waals surface area (Å²) in [6.07, 6.45) is 1.58. The summed E-state index contributed by atoms with van der Waals surface area (Å²) in [4.78, 5) is 20.9. The Bertz CT molecular complexity index is 917. The highest BCUT2D eigenvalue weighted by Crippen LogP contribution is 2.17. The number of carbonyl (C=O) groups is 1. The maximum Gasteiger partial charge on any atom is 0.270 e. The Morgan fingerprint density at radius 3 is 2.46 bits per heavy atom. The first-order valence-electron chi connectivity index (χ1n) is 8.52. The molecule has 0 aliphatic heterocycles. The second-order valence-electron chi connectivity index (χ2n) is 6.38. The van der Waals surface area contributed by atoms with Gasteiger partial charge >= 0.3 is 0 Å². The molecular weight excluding hydrogens is 324 g/mol. The van der Waals surface area contributed by atoms with E-state index in [1.807, 2.05) is 57.2 Å². The fraction of sp³-hybridized carbons (Fsp3) is 0.190. The summed E-state index contributed by atoms with van der Waals surface area (Å²) in [5, 5.41) is 6.07. The van der Waals surface area contributed by atoms with E-state index in [-0.39, 0.29) is 5.91 Å². The van der Waals surface area contributed by atoms with Gasteiger partial charge in [0, 0.05) is 18.4 Å². The SMILES string of the molecule is Cc1cc(C)cc(Nc2nccc(C(=O)NCc3ccccc3C)n2)c1. The number of hydrogen-bond acceptors (Lipinski definition) is 4. The molecule has 0 aliphatic carbocycles. The van der Waals surface area contributed by atoms with Gasteiger partial charge < -0.3 is 10.6 Å². The van der Waals surface area contributed by atoms with Crippen molar-refractivity contribution in [2.75, 3.05) is 5.32 Å². The van der Waals surface area contributed by atoms with Crippen molar-refractivity contribution in [2.24, 2.45) is 0 Å². The van der Waals surface area contributed by atoms with Crippen molar-refractivity contribution in [2.45, 2.75) is 27.3 Å². The quantitative estimate of drug-likeness (QED) is 0.731. The van der Waals surface area contributed by atoms with E-state index in [0.29, 0.717) is 18.2 Å². The number of aryl methyl sites for hydroxylation is 3. The first-order chi connectivity index (χ1) is 12.5. The molecule has 0 radical (unpaired) electrons. The molecule has 1 aromatic heterocycles. The van der Waals surface area contributed by atoms with Crippen LogP contribution in [0.15, 0.2) is 54.7 Å². The zero-order chi connectivity index (χ0) is 18.5. The van der Waals surface area contributed by atoms with Crippen LogP contribution in [0, 0.1) is 20.8 Å². The summed E-state index contributed by atoms with van der Waals surface area (Å²) in [5.74, 6) is 0.178. The van der Waals surface area contributed by atoms with Crippen molar-refractivity contribution < 1.29 is 4.79 Å². The minimum Gasteiger partial charge on any atom is -0.347 e. The van der Waals surface area contributed by atoms with Crippen LogP contribution < -0.4 is 10.6 Å². The van der Waals surface area contributed by atoms with Gasteiger partial charge in [0.2, 0.25) is 5.95 Å². The summed E-state index contributed by atoms with van der Waals surface area (Å²) in [6, 6.07) is 15.7. The molecule has 0 aliphatic rings. The van der Waals surface area contributed by atoms with Crippen LogP contribution in [0.1, 0.15) is 32.7 Å². The van der Waals surface area contributed by atoms with E-state index in [0.717, 1.165) is 27.9 Å². The summed E-state index contributed by atoms with van der Waals surface area (Å²) in [5.41, 5.74) is 5.77. The van der Waals surface area contributed by atoms with Crippen molar-refractivity contribution in [3.63, 3.8) is 0 Å². The molecule has 0 fully saturated rings. The van der Waals surface area contributed by atoms with Crippen LogP contribution in [0.25, 0.3) is 0 Å². The smallest absolute Gasteiger partial charge is 0.270 e. The van der Waals surface area contributed by atoms with Crippen LogP contribution in [0.3, 0.4) is 0 Å². The lowest BCUT2D eigenvalue weighted by Crippen LogP contribution is -2.24. The first kappa shape index (κ1) is 17.6. The number of rotatable bonds is 5. The molecule has 2 N–H and O–H groups in total. The minimum atomic E-state index is -0.223. The summed E-state index contributed by atoms with van der Waals surface area (Å²) in [7, 11) is 0. The average Bonchev–Trinajstić information content (AvgIpc) is 2.60. The summed E-state index contributed by atoms with van der Waals surface area (Å²) >= 11 is 0. The van der Waals surface area contributed by atoms with Crippen molar-refractivity contribution in [3.05, 3.63) is 82.7 Å². The molecule has 5 heteroatoms. The van der Waals surface area contributed by atoms with Gasteiger partial charge in [0.15, 0.2) is 0 Å². The normalized spacial score (nSPS) is 10.4. The fourth-order valence-corrected chi connectivity index (χ4v) is 2.80. The van der Waals surface area contributed by atoms with E-state index in [1.54, 1.807) is 12.3 Å². The molecule has 1 amide bonds. The third kappa shape index (κ3) is 4.45. The Labute approximate surface area is 153 Å². The molecule has 3 aromatic rings. The molecule has 0 unspecified atom stereocenters. The maximum absolute atomic E-state index is 12.4. The van der Waals surface area contributed by atoms with Gasteiger partial charge in [-0.3, -0.25) is 4.79 Å². The van der Waals surface area contributed by atoms with E-state index in [1.165, 1.54) is 0 Å². The van der Waals surface area contributed by atoms with Gasteiger partial charge in [0.25, 0.3) is 5.91 Å². The van der Waals surface area contributed by atoms with E-state index in [4.69, 9.17) is 0 Å². The Hall–Kier alpha value is -3.21. The molecular formula is C21H22N4O. The highest BCUT2D eigenvalue weighted by Gasteiger charge is 2.09. The summed E-state index contributed by atoms with van der Waals surface area (Å²) < 4.78 is 0. The van der Waals surface area contributed by atoms with Crippen LogP contribution in [0.2, 0.25) is 0 Å². The number of benzene rings is 2. The lowest BCUT2D eigenvalue weighted by atomic mass is 10.1. The molecule has 26 heavy (non-hydrogen) atoms. The standard InChI is InChI=1S/C21H22N4O/c1-14-10-15(2)12-18(11-14)24-21-22-9-8-19(25-21)20(26)23-13-17-7-5-4-6-16(17)3/h4-12H,13H2,1-3H3,(H,23,26)(H,22,24,25). The Morgan fingerprint density at radius 1 is 1.00 bits per heavy atom. The van der Waals surface area contributed by atoms with E-state index in [2.05, 4.69) is 26.7 Å². The van der Waals surface area contributed by atoms with Gasteiger partial charge in [-0.15, -0.1) is 0 Å². The maximum atomic E-state index is 12.4. The molecule has 0 saturated carbocycles. The molecule has 0 saturated heterocycles. The molecule has 5 nitrogen and oxygen atoms in total. The minimum absolute atomic E-state index is 0.223.